The molecule has 14 heavy (non-hydrogen) atoms. The highest BCUT2D eigenvalue weighted by molar-refractivity contribution is 9.10. The molecule has 0 spiro atoms. The van der Waals surface area contributed by atoms with Gasteiger partial charge in [-0.3, -0.25) is 4.68 Å². The second-order valence-electron chi connectivity index (χ2n) is 4.19. The Hall–Kier alpha value is -0.840. The van der Waals surface area contributed by atoms with Crippen molar-refractivity contribution in [2.75, 3.05) is 0 Å². The van der Waals surface area contributed by atoms with Gasteiger partial charge in [0.2, 0.25) is 0 Å². The molecule has 1 rings (SSSR count). The van der Waals surface area contributed by atoms with E-state index in [1.54, 1.807) is 7.05 Å². The van der Waals surface area contributed by atoms with Gasteiger partial charge in [0.05, 0.1) is 0 Å². The molecule has 0 aromatic carbocycles. The van der Waals surface area contributed by atoms with Crippen molar-refractivity contribution in [3.63, 3.8) is 0 Å². The molecule has 0 saturated heterocycles. The van der Waals surface area contributed by atoms with Crippen LogP contribution in [-0.2, 0) is 12.5 Å². The standard InChI is InChI=1S/C9H13BrN2O2/c1-9(2,3)5-6(8(13)14)11-12(4)7(5)10/h1-4H3,(H,13,14). The SMILES string of the molecule is Cn1nc(C(=O)O)c(C(C)(C)C)c1Br. The zero-order chi connectivity index (χ0) is 11.1. The van der Waals surface area contributed by atoms with Gasteiger partial charge >= 0.3 is 5.97 Å². The van der Waals surface area contributed by atoms with Crippen molar-refractivity contribution in [1.29, 1.82) is 0 Å². The molecule has 0 unspecified atom stereocenters. The highest BCUT2D eigenvalue weighted by Gasteiger charge is 2.28. The maximum Gasteiger partial charge on any atom is 0.356 e. The lowest BCUT2D eigenvalue weighted by molar-refractivity contribution is 0.0687. The molecule has 78 valence electrons. The van der Waals surface area contributed by atoms with Gasteiger partial charge in [-0.15, -0.1) is 0 Å². The summed E-state index contributed by atoms with van der Waals surface area (Å²) in [6.07, 6.45) is 0. The number of hydrogen-bond acceptors (Lipinski definition) is 2. The molecular formula is C9H13BrN2O2. The van der Waals surface area contributed by atoms with E-state index in [4.69, 9.17) is 5.11 Å². The minimum absolute atomic E-state index is 0.117. The summed E-state index contributed by atoms with van der Waals surface area (Å²) in [4.78, 5) is 10.9. The highest BCUT2D eigenvalue weighted by Crippen LogP contribution is 2.32. The van der Waals surface area contributed by atoms with E-state index in [9.17, 15) is 4.79 Å². The average Bonchev–Trinajstić information content (AvgIpc) is 2.27. The van der Waals surface area contributed by atoms with Gasteiger partial charge in [-0.1, -0.05) is 20.8 Å². The predicted octanol–water partition coefficient (Wildman–Crippen LogP) is 2.18. The fourth-order valence-electron chi connectivity index (χ4n) is 1.32. The lowest BCUT2D eigenvalue weighted by Crippen LogP contribution is -2.16. The first-order chi connectivity index (χ1) is 6.25. The van der Waals surface area contributed by atoms with Gasteiger partial charge < -0.3 is 5.11 Å². The minimum Gasteiger partial charge on any atom is -0.476 e. The van der Waals surface area contributed by atoms with Crippen LogP contribution in [-0.4, -0.2) is 20.9 Å². The summed E-state index contributed by atoms with van der Waals surface area (Å²) in [5, 5.41) is 12.9. The molecule has 0 radical (unpaired) electrons. The fraction of sp³-hybridized carbons (Fsp3) is 0.556. The quantitative estimate of drug-likeness (QED) is 0.842. The second-order valence-corrected chi connectivity index (χ2v) is 4.94. The number of carbonyl (C=O) groups is 1. The highest BCUT2D eigenvalue weighted by atomic mass is 79.9. The smallest absolute Gasteiger partial charge is 0.356 e. The van der Waals surface area contributed by atoms with Crippen molar-refractivity contribution in [3.05, 3.63) is 15.9 Å². The molecule has 4 nitrogen and oxygen atoms in total. The number of nitrogens with zero attached hydrogens (tertiary/aromatic N) is 2. The molecule has 0 aliphatic rings. The Morgan fingerprint density at radius 2 is 2.00 bits per heavy atom. The summed E-state index contributed by atoms with van der Waals surface area (Å²) in [6, 6.07) is 0. The summed E-state index contributed by atoms with van der Waals surface area (Å²) in [7, 11) is 1.71. The van der Waals surface area contributed by atoms with E-state index in [1.165, 1.54) is 4.68 Å². The summed E-state index contributed by atoms with van der Waals surface area (Å²) in [6.45, 7) is 5.88. The summed E-state index contributed by atoms with van der Waals surface area (Å²) in [5.74, 6) is -0.990. The number of aryl methyl sites for hydroxylation is 1. The average molecular weight is 261 g/mol. The molecule has 0 aliphatic heterocycles. The number of carboxylic acid groups (broad SMARTS) is 1. The number of carboxylic acids is 1. The first-order valence-corrected chi connectivity index (χ1v) is 5.00. The maximum atomic E-state index is 10.9. The molecule has 0 fully saturated rings. The molecule has 0 aliphatic carbocycles. The first kappa shape index (κ1) is 11.2. The van der Waals surface area contributed by atoms with E-state index in [0.29, 0.717) is 0 Å². The number of aromatic carboxylic acids is 1. The Morgan fingerprint density at radius 1 is 1.50 bits per heavy atom. The normalized spacial score (nSPS) is 11.8. The van der Waals surface area contributed by atoms with Crippen molar-refractivity contribution >= 4 is 21.9 Å². The molecule has 1 aromatic heterocycles. The van der Waals surface area contributed by atoms with Crippen LogP contribution in [0.5, 0.6) is 0 Å². The van der Waals surface area contributed by atoms with E-state index < -0.39 is 5.97 Å². The lowest BCUT2D eigenvalue weighted by atomic mass is 9.87. The Kier molecular flexibility index (Phi) is 2.71. The molecule has 1 aromatic rings. The number of halogens is 1. The van der Waals surface area contributed by atoms with E-state index in [0.717, 1.165) is 10.2 Å². The molecule has 0 bridgehead atoms. The van der Waals surface area contributed by atoms with Crippen LogP contribution in [0.4, 0.5) is 0 Å². The fourth-order valence-corrected chi connectivity index (χ4v) is 2.18. The van der Waals surface area contributed by atoms with Gasteiger partial charge in [0.15, 0.2) is 5.69 Å². The van der Waals surface area contributed by atoms with Crippen molar-refractivity contribution in [2.45, 2.75) is 26.2 Å². The zero-order valence-electron chi connectivity index (χ0n) is 8.63. The van der Waals surface area contributed by atoms with Crippen LogP contribution in [0.2, 0.25) is 0 Å². The molecule has 5 heteroatoms. The van der Waals surface area contributed by atoms with Gasteiger partial charge in [-0.25, -0.2) is 4.79 Å². The van der Waals surface area contributed by atoms with E-state index in [2.05, 4.69) is 21.0 Å². The van der Waals surface area contributed by atoms with Crippen LogP contribution in [0.1, 0.15) is 36.8 Å². The summed E-state index contributed by atoms with van der Waals surface area (Å²) >= 11 is 3.34. The number of aromatic nitrogens is 2. The Morgan fingerprint density at radius 3 is 2.29 bits per heavy atom. The van der Waals surface area contributed by atoms with Crippen molar-refractivity contribution in [1.82, 2.24) is 9.78 Å². The van der Waals surface area contributed by atoms with E-state index >= 15 is 0 Å². The monoisotopic (exact) mass is 260 g/mol. The third-order valence-electron chi connectivity index (χ3n) is 1.93. The van der Waals surface area contributed by atoms with Crippen LogP contribution in [0.15, 0.2) is 4.60 Å². The maximum absolute atomic E-state index is 10.9. The Labute approximate surface area is 91.1 Å². The van der Waals surface area contributed by atoms with Crippen LogP contribution >= 0.6 is 15.9 Å². The van der Waals surface area contributed by atoms with Crippen LogP contribution in [0.3, 0.4) is 0 Å². The molecule has 1 heterocycles. The van der Waals surface area contributed by atoms with Gasteiger partial charge in [0.1, 0.15) is 4.60 Å². The van der Waals surface area contributed by atoms with E-state index in [1.807, 2.05) is 20.8 Å². The van der Waals surface area contributed by atoms with Crippen molar-refractivity contribution in [2.24, 2.45) is 7.05 Å². The van der Waals surface area contributed by atoms with Gasteiger partial charge in [-0.05, 0) is 21.3 Å². The van der Waals surface area contributed by atoms with Gasteiger partial charge in [-0.2, -0.15) is 5.10 Å². The summed E-state index contributed by atoms with van der Waals surface area (Å²) < 4.78 is 2.26. The second kappa shape index (κ2) is 3.38. The molecule has 0 saturated carbocycles. The Balaban J connectivity index is 3.46. The minimum atomic E-state index is -0.990. The van der Waals surface area contributed by atoms with Gasteiger partial charge in [0, 0.05) is 12.6 Å². The summed E-state index contributed by atoms with van der Waals surface area (Å²) in [5.41, 5.74) is 0.611. The van der Waals surface area contributed by atoms with Crippen LogP contribution in [0, 0.1) is 0 Å². The Bertz CT molecular complexity index is 377. The lowest BCUT2D eigenvalue weighted by Gasteiger charge is -2.18. The van der Waals surface area contributed by atoms with Crippen molar-refractivity contribution in [3.8, 4) is 0 Å². The topological polar surface area (TPSA) is 55.1 Å². The van der Waals surface area contributed by atoms with Gasteiger partial charge in [0.25, 0.3) is 0 Å². The predicted molar refractivity (Wildman–Crippen MR) is 56.6 cm³/mol. The molecule has 0 amide bonds. The van der Waals surface area contributed by atoms with Crippen molar-refractivity contribution < 1.29 is 9.90 Å². The van der Waals surface area contributed by atoms with Crippen LogP contribution in [0.25, 0.3) is 0 Å². The zero-order valence-corrected chi connectivity index (χ0v) is 10.2. The number of hydrogen-bond donors (Lipinski definition) is 1. The van der Waals surface area contributed by atoms with Crippen LogP contribution < -0.4 is 0 Å². The third kappa shape index (κ3) is 1.82. The molecule has 1 N–H and O–H groups in total. The molecular weight excluding hydrogens is 248 g/mol. The largest absolute Gasteiger partial charge is 0.476 e. The molecule has 0 atom stereocenters. The van der Waals surface area contributed by atoms with E-state index in [-0.39, 0.29) is 11.1 Å². The third-order valence-corrected chi connectivity index (χ3v) is 2.84. The first-order valence-electron chi connectivity index (χ1n) is 4.21. The number of rotatable bonds is 1.